The number of hydrogen-bond donors (Lipinski definition) is 2. The number of H-pyrrole nitrogens is 1. The number of aromatic amines is 1. The Labute approximate surface area is 114 Å². The summed E-state index contributed by atoms with van der Waals surface area (Å²) in [7, 11) is 1.41. The fourth-order valence-corrected chi connectivity index (χ4v) is 1.41. The number of nitrogens with zero attached hydrogens (tertiary/aromatic N) is 2. The summed E-state index contributed by atoms with van der Waals surface area (Å²) in [6.07, 6.45) is -0.826. The van der Waals surface area contributed by atoms with Crippen molar-refractivity contribution >= 4 is 11.9 Å². The molecule has 0 aliphatic carbocycles. The van der Waals surface area contributed by atoms with Crippen molar-refractivity contribution in [2.75, 3.05) is 12.4 Å². The Bertz CT molecular complexity index is 602. The van der Waals surface area contributed by atoms with Gasteiger partial charge < -0.3 is 9.47 Å². The Morgan fingerprint density at radius 2 is 2.30 bits per heavy atom. The summed E-state index contributed by atoms with van der Waals surface area (Å²) >= 11 is 0. The Kier molecular flexibility index (Phi) is 4.14. The third-order valence-electron chi connectivity index (χ3n) is 2.37. The van der Waals surface area contributed by atoms with Gasteiger partial charge in [0.05, 0.1) is 7.11 Å². The molecular formula is C12H13FN4O3. The zero-order valence-electron chi connectivity index (χ0n) is 10.9. The Morgan fingerprint density at radius 1 is 1.50 bits per heavy atom. The minimum atomic E-state index is -0.826. The summed E-state index contributed by atoms with van der Waals surface area (Å²) in [5, 5.41) is 8.63. The summed E-state index contributed by atoms with van der Waals surface area (Å²) in [5.74, 6) is -0.479. The molecule has 0 saturated heterocycles. The van der Waals surface area contributed by atoms with Gasteiger partial charge in [-0.3, -0.25) is 10.1 Å². The van der Waals surface area contributed by atoms with Gasteiger partial charge in [-0.15, -0.1) is 5.10 Å². The summed E-state index contributed by atoms with van der Waals surface area (Å²) in [6.45, 7) is 1.54. The van der Waals surface area contributed by atoms with Crippen LogP contribution in [0.4, 0.5) is 10.3 Å². The van der Waals surface area contributed by atoms with Gasteiger partial charge in [0.1, 0.15) is 11.6 Å². The zero-order valence-corrected chi connectivity index (χ0v) is 10.9. The Balaban J connectivity index is 1.95. The van der Waals surface area contributed by atoms with Crippen LogP contribution in [0.3, 0.4) is 0 Å². The highest BCUT2D eigenvalue weighted by atomic mass is 19.1. The third-order valence-corrected chi connectivity index (χ3v) is 2.37. The number of amides is 1. The van der Waals surface area contributed by atoms with E-state index in [0.717, 1.165) is 0 Å². The van der Waals surface area contributed by atoms with E-state index in [1.165, 1.54) is 32.2 Å². The molecule has 0 saturated carbocycles. The largest absolute Gasteiger partial charge is 0.481 e. The number of carbonyl (C=O) groups is 1. The smallest absolute Gasteiger partial charge is 0.336 e. The number of hydrogen-bond acceptors (Lipinski definition) is 5. The first-order valence-electron chi connectivity index (χ1n) is 5.78. The maximum Gasteiger partial charge on any atom is 0.336 e. The Hall–Kier alpha value is -2.64. The number of carbonyl (C=O) groups excluding carboxylic acids is 1. The van der Waals surface area contributed by atoms with Crippen molar-refractivity contribution < 1.29 is 18.7 Å². The molecule has 2 rings (SSSR count). The van der Waals surface area contributed by atoms with Crippen LogP contribution in [0.1, 0.15) is 6.92 Å². The minimum Gasteiger partial charge on any atom is -0.481 e. The van der Waals surface area contributed by atoms with Gasteiger partial charge in [-0.2, -0.15) is 4.98 Å². The predicted octanol–water partition coefficient (Wildman–Crippen LogP) is 1.36. The highest BCUT2D eigenvalue weighted by Crippen LogP contribution is 2.14. The molecule has 1 aromatic heterocycles. The molecule has 1 amide bonds. The first kappa shape index (κ1) is 13.8. The van der Waals surface area contributed by atoms with E-state index in [2.05, 4.69) is 20.5 Å². The standard InChI is InChI=1S/C12H13FN4O3/c1-7(20-9-5-3-4-8(13)6-9)10(18)14-11-15-12(19-2)17-16-11/h3-7H,1-2H3,(H2,14,15,16,17,18). The number of anilines is 1. The lowest BCUT2D eigenvalue weighted by Crippen LogP contribution is -2.30. The monoisotopic (exact) mass is 280 g/mol. The lowest BCUT2D eigenvalue weighted by atomic mass is 10.3. The summed E-state index contributed by atoms with van der Waals surface area (Å²) in [6, 6.07) is 5.65. The molecule has 0 radical (unpaired) electrons. The number of ether oxygens (including phenoxy) is 2. The number of methoxy groups -OCH3 is 1. The van der Waals surface area contributed by atoms with E-state index in [-0.39, 0.29) is 17.7 Å². The predicted molar refractivity (Wildman–Crippen MR) is 68.1 cm³/mol. The molecule has 0 aliphatic rings. The first-order chi connectivity index (χ1) is 9.58. The van der Waals surface area contributed by atoms with Crippen molar-refractivity contribution in [2.24, 2.45) is 0 Å². The van der Waals surface area contributed by atoms with Crippen LogP contribution in [-0.4, -0.2) is 34.3 Å². The normalized spacial score (nSPS) is 11.8. The van der Waals surface area contributed by atoms with Crippen LogP contribution in [0, 0.1) is 5.82 Å². The topological polar surface area (TPSA) is 89.1 Å². The molecule has 8 heteroatoms. The minimum absolute atomic E-state index is 0.110. The average Bonchev–Trinajstić information content (AvgIpc) is 2.86. The maximum absolute atomic E-state index is 13.0. The molecule has 0 aliphatic heterocycles. The zero-order chi connectivity index (χ0) is 14.5. The lowest BCUT2D eigenvalue weighted by molar-refractivity contribution is -0.122. The van der Waals surface area contributed by atoms with Crippen LogP contribution >= 0.6 is 0 Å². The summed E-state index contributed by atoms with van der Waals surface area (Å²) < 4.78 is 23.1. The van der Waals surface area contributed by atoms with Crippen LogP contribution in [0.25, 0.3) is 0 Å². The van der Waals surface area contributed by atoms with Crippen molar-refractivity contribution in [2.45, 2.75) is 13.0 Å². The number of nitrogens with one attached hydrogen (secondary N) is 2. The van der Waals surface area contributed by atoms with E-state index < -0.39 is 17.8 Å². The summed E-state index contributed by atoms with van der Waals surface area (Å²) in [4.78, 5) is 15.7. The second kappa shape index (κ2) is 6.00. The highest BCUT2D eigenvalue weighted by molar-refractivity contribution is 5.92. The molecule has 2 N–H and O–H groups in total. The van der Waals surface area contributed by atoms with Gasteiger partial charge in [0.15, 0.2) is 6.10 Å². The van der Waals surface area contributed by atoms with Crippen molar-refractivity contribution in [1.29, 1.82) is 0 Å². The lowest BCUT2D eigenvalue weighted by Gasteiger charge is -2.13. The van der Waals surface area contributed by atoms with Crippen LogP contribution in [0.15, 0.2) is 24.3 Å². The molecule has 2 aromatic rings. The van der Waals surface area contributed by atoms with Gasteiger partial charge >= 0.3 is 6.01 Å². The van der Waals surface area contributed by atoms with E-state index in [9.17, 15) is 9.18 Å². The first-order valence-corrected chi connectivity index (χ1v) is 5.78. The van der Waals surface area contributed by atoms with Crippen LogP contribution in [0.2, 0.25) is 0 Å². The van der Waals surface area contributed by atoms with Gasteiger partial charge in [0.2, 0.25) is 5.95 Å². The fraction of sp³-hybridized carbons (Fsp3) is 0.250. The van der Waals surface area contributed by atoms with Gasteiger partial charge in [-0.05, 0) is 19.1 Å². The van der Waals surface area contributed by atoms with Crippen molar-refractivity contribution in [3.8, 4) is 11.8 Å². The number of rotatable bonds is 5. The fourth-order valence-electron chi connectivity index (χ4n) is 1.41. The molecule has 1 heterocycles. The molecule has 20 heavy (non-hydrogen) atoms. The van der Waals surface area contributed by atoms with E-state index in [1.54, 1.807) is 6.07 Å². The molecule has 106 valence electrons. The van der Waals surface area contributed by atoms with Crippen molar-refractivity contribution in [1.82, 2.24) is 15.2 Å². The van der Waals surface area contributed by atoms with Crippen molar-refractivity contribution in [3.63, 3.8) is 0 Å². The SMILES string of the molecule is COc1n[nH]c(NC(=O)C(C)Oc2cccc(F)c2)n1. The quantitative estimate of drug-likeness (QED) is 0.863. The number of halogens is 1. The van der Waals surface area contributed by atoms with Crippen LogP contribution in [-0.2, 0) is 4.79 Å². The maximum atomic E-state index is 13.0. The molecule has 1 unspecified atom stereocenters. The average molecular weight is 280 g/mol. The second-order valence-corrected chi connectivity index (χ2v) is 3.88. The molecule has 7 nitrogen and oxygen atoms in total. The van der Waals surface area contributed by atoms with E-state index in [4.69, 9.17) is 9.47 Å². The van der Waals surface area contributed by atoms with E-state index >= 15 is 0 Å². The molecule has 0 bridgehead atoms. The molecule has 1 atom stereocenters. The molecular weight excluding hydrogens is 267 g/mol. The third kappa shape index (κ3) is 3.44. The number of benzene rings is 1. The molecule has 0 fully saturated rings. The molecule has 0 spiro atoms. The van der Waals surface area contributed by atoms with E-state index in [0.29, 0.717) is 0 Å². The van der Waals surface area contributed by atoms with Crippen LogP contribution in [0.5, 0.6) is 11.8 Å². The van der Waals surface area contributed by atoms with Gasteiger partial charge in [0, 0.05) is 6.07 Å². The van der Waals surface area contributed by atoms with Gasteiger partial charge in [-0.25, -0.2) is 9.49 Å². The van der Waals surface area contributed by atoms with Gasteiger partial charge in [-0.1, -0.05) is 6.07 Å². The Morgan fingerprint density at radius 3 is 2.95 bits per heavy atom. The van der Waals surface area contributed by atoms with Gasteiger partial charge in [0.25, 0.3) is 5.91 Å². The van der Waals surface area contributed by atoms with Crippen LogP contribution < -0.4 is 14.8 Å². The number of aromatic nitrogens is 3. The van der Waals surface area contributed by atoms with E-state index in [1.807, 2.05) is 0 Å². The van der Waals surface area contributed by atoms with Crippen molar-refractivity contribution in [3.05, 3.63) is 30.1 Å². The molecule has 1 aromatic carbocycles. The summed E-state index contributed by atoms with van der Waals surface area (Å²) in [5.41, 5.74) is 0. The second-order valence-electron chi connectivity index (χ2n) is 3.88. The highest BCUT2D eigenvalue weighted by Gasteiger charge is 2.17.